The molecule has 0 radical (unpaired) electrons. The predicted molar refractivity (Wildman–Crippen MR) is 138 cm³/mol. The van der Waals surface area contributed by atoms with Gasteiger partial charge in [0.1, 0.15) is 12.2 Å². The lowest BCUT2D eigenvalue weighted by Crippen LogP contribution is -2.48. The molecule has 11 nitrogen and oxygen atoms in total. The highest BCUT2D eigenvalue weighted by atomic mass is 32.2. The van der Waals surface area contributed by atoms with Crippen LogP contribution in [0.3, 0.4) is 0 Å². The number of carbonyl (C=O) groups is 2. The summed E-state index contributed by atoms with van der Waals surface area (Å²) in [5.74, 6) is -1.40. The quantitative estimate of drug-likeness (QED) is 0.312. The van der Waals surface area contributed by atoms with Gasteiger partial charge in [-0.05, 0) is 55.7 Å². The average Bonchev–Trinajstić information content (AvgIpc) is 2.92. The van der Waals surface area contributed by atoms with Crippen LogP contribution >= 0.6 is 0 Å². The number of carboxylic acid groups (broad SMARTS) is 1. The Balaban J connectivity index is 1.43. The zero-order chi connectivity index (χ0) is 26.3. The average molecular weight is 525 g/mol. The summed E-state index contributed by atoms with van der Waals surface area (Å²) < 4.78 is 27.2. The van der Waals surface area contributed by atoms with Gasteiger partial charge in [0.05, 0.1) is 4.90 Å². The number of sulfonamides is 1. The largest absolute Gasteiger partial charge is 0.480 e. The summed E-state index contributed by atoms with van der Waals surface area (Å²) in [6, 6.07) is 14.6. The molecule has 0 bridgehead atoms. The number of aromatic nitrogens is 2. The molecule has 2 heterocycles. The third-order valence-corrected chi connectivity index (χ3v) is 7.41. The summed E-state index contributed by atoms with van der Waals surface area (Å²) in [7, 11) is -4.08. The van der Waals surface area contributed by atoms with Crippen molar-refractivity contribution < 1.29 is 23.1 Å². The van der Waals surface area contributed by atoms with Crippen molar-refractivity contribution in [2.75, 3.05) is 23.3 Å². The fraction of sp³-hybridized carbons (Fsp3) is 0.280. The molecule has 194 valence electrons. The number of carboxylic acids is 1. The number of carbonyl (C=O) groups excluding carboxylic acids is 1. The maximum atomic E-state index is 12.9. The van der Waals surface area contributed by atoms with E-state index in [0.29, 0.717) is 11.5 Å². The normalized spacial score (nSPS) is 16.5. The fourth-order valence-corrected chi connectivity index (χ4v) is 5.28. The van der Waals surface area contributed by atoms with Crippen molar-refractivity contribution in [3.05, 3.63) is 78.6 Å². The number of hydrogen-bond acceptors (Lipinski definition) is 8. The van der Waals surface area contributed by atoms with Gasteiger partial charge in [0, 0.05) is 36.7 Å². The topological polar surface area (TPSA) is 154 Å². The first kappa shape index (κ1) is 26.0. The van der Waals surface area contributed by atoms with Gasteiger partial charge in [0.2, 0.25) is 16.0 Å². The van der Waals surface area contributed by atoms with Crippen LogP contribution in [0, 0.1) is 0 Å². The number of aliphatic carboxylic acids is 1. The molecule has 1 aromatic heterocycles. The summed E-state index contributed by atoms with van der Waals surface area (Å²) in [6.45, 7) is 0.349. The predicted octanol–water partition coefficient (Wildman–Crippen LogP) is 2.07. The Morgan fingerprint density at radius 1 is 1.03 bits per heavy atom. The van der Waals surface area contributed by atoms with Crippen LogP contribution in [0.15, 0.2) is 78.0 Å². The van der Waals surface area contributed by atoms with Gasteiger partial charge in [-0.15, -0.1) is 0 Å². The van der Waals surface area contributed by atoms with Crippen LogP contribution in [0.1, 0.15) is 29.6 Å². The van der Waals surface area contributed by atoms with E-state index in [2.05, 4.69) is 30.2 Å². The van der Waals surface area contributed by atoms with Gasteiger partial charge in [-0.25, -0.2) is 18.4 Å². The van der Waals surface area contributed by atoms with E-state index < -0.39 is 34.5 Å². The zero-order valence-corrected chi connectivity index (χ0v) is 20.8. The van der Waals surface area contributed by atoms with Crippen molar-refractivity contribution in [2.24, 2.45) is 0 Å². The molecule has 4 rings (SSSR count). The second-order valence-electron chi connectivity index (χ2n) is 8.51. The minimum atomic E-state index is -4.08. The van der Waals surface area contributed by atoms with Gasteiger partial charge in [0.25, 0.3) is 5.91 Å². The smallest absolute Gasteiger partial charge is 0.323 e. The highest BCUT2D eigenvalue weighted by Crippen LogP contribution is 2.26. The lowest BCUT2D eigenvalue weighted by molar-refractivity contribution is -0.138. The molecule has 2 atom stereocenters. The van der Waals surface area contributed by atoms with E-state index in [4.69, 9.17) is 0 Å². The van der Waals surface area contributed by atoms with Crippen LogP contribution in [0.4, 0.5) is 11.6 Å². The Bertz CT molecular complexity index is 1320. The van der Waals surface area contributed by atoms with Crippen LogP contribution in [0.2, 0.25) is 0 Å². The summed E-state index contributed by atoms with van der Waals surface area (Å²) >= 11 is 0. The highest BCUT2D eigenvalue weighted by molar-refractivity contribution is 7.89. The Hall–Kier alpha value is -4.03. The molecule has 2 aromatic carbocycles. The van der Waals surface area contributed by atoms with Crippen LogP contribution in [0.25, 0.3) is 0 Å². The van der Waals surface area contributed by atoms with Crippen LogP contribution in [-0.2, 0) is 14.8 Å². The Morgan fingerprint density at radius 3 is 2.51 bits per heavy atom. The molecular formula is C25H28N6O5S. The van der Waals surface area contributed by atoms with Crippen molar-refractivity contribution in [1.29, 1.82) is 0 Å². The second kappa shape index (κ2) is 11.8. The van der Waals surface area contributed by atoms with E-state index in [-0.39, 0.29) is 11.1 Å². The van der Waals surface area contributed by atoms with Gasteiger partial charge in [0.15, 0.2) is 0 Å². The first-order valence-electron chi connectivity index (χ1n) is 11.8. The maximum Gasteiger partial charge on any atom is 0.323 e. The van der Waals surface area contributed by atoms with Crippen molar-refractivity contribution in [3.8, 4) is 0 Å². The zero-order valence-electron chi connectivity index (χ0n) is 19.9. The van der Waals surface area contributed by atoms with Gasteiger partial charge >= 0.3 is 5.97 Å². The molecule has 12 heteroatoms. The number of nitrogens with one attached hydrogen (secondary N) is 3. The summed E-state index contributed by atoms with van der Waals surface area (Å²) in [5, 5.41) is 15.4. The molecule has 0 spiro atoms. The van der Waals surface area contributed by atoms with Crippen molar-refractivity contribution in [3.63, 3.8) is 0 Å². The monoisotopic (exact) mass is 524 g/mol. The highest BCUT2D eigenvalue weighted by Gasteiger charge is 2.27. The number of hydrogen-bond donors (Lipinski definition) is 4. The third-order valence-electron chi connectivity index (χ3n) is 5.92. The first-order valence-corrected chi connectivity index (χ1v) is 13.3. The molecule has 0 aliphatic carbocycles. The molecule has 37 heavy (non-hydrogen) atoms. The fourth-order valence-electron chi connectivity index (χ4n) is 4.07. The molecule has 1 unspecified atom stereocenters. The number of anilines is 2. The van der Waals surface area contributed by atoms with E-state index in [1.54, 1.807) is 42.7 Å². The Morgan fingerprint density at radius 2 is 1.78 bits per heavy atom. The van der Waals surface area contributed by atoms with Crippen LogP contribution in [0.5, 0.6) is 0 Å². The Labute approximate surface area is 215 Å². The van der Waals surface area contributed by atoms with Gasteiger partial charge in [-0.3, -0.25) is 9.59 Å². The van der Waals surface area contributed by atoms with E-state index in [0.717, 1.165) is 31.5 Å². The van der Waals surface area contributed by atoms with Gasteiger partial charge < -0.3 is 20.6 Å². The van der Waals surface area contributed by atoms with Crippen molar-refractivity contribution in [2.45, 2.75) is 36.4 Å². The second-order valence-corrected chi connectivity index (χ2v) is 10.2. The van der Waals surface area contributed by atoms with Crippen molar-refractivity contribution >= 4 is 33.5 Å². The summed E-state index contributed by atoms with van der Waals surface area (Å²) in [6.07, 6.45) is 6.17. The molecule has 1 aliphatic heterocycles. The number of amides is 1. The van der Waals surface area contributed by atoms with Gasteiger partial charge in [-0.1, -0.05) is 24.3 Å². The molecular weight excluding hydrogens is 496 g/mol. The first-order chi connectivity index (χ1) is 17.8. The molecule has 4 N–H and O–H groups in total. The van der Waals surface area contributed by atoms with Gasteiger partial charge in [-0.2, -0.15) is 4.72 Å². The maximum absolute atomic E-state index is 12.9. The summed E-state index contributed by atoms with van der Waals surface area (Å²) in [5.41, 5.74) is 1.15. The molecule has 1 aliphatic rings. The number of nitrogens with zero attached hydrogens (tertiary/aromatic N) is 3. The van der Waals surface area contributed by atoms with E-state index in [1.807, 2.05) is 6.07 Å². The minimum absolute atomic E-state index is 0.0572. The molecule has 1 saturated heterocycles. The third kappa shape index (κ3) is 6.80. The van der Waals surface area contributed by atoms with E-state index >= 15 is 0 Å². The van der Waals surface area contributed by atoms with E-state index in [1.165, 1.54) is 24.3 Å². The summed E-state index contributed by atoms with van der Waals surface area (Å²) in [4.78, 5) is 35.1. The van der Waals surface area contributed by atoms with Crippen molar-refractivity contribution in [1.82, 2.24) is 20.0 Å². The number of piperidine rings is 1. The van der Waals surface area contributed by atoms with Crippen LogP contribution in [-0.4, -0.2) is 60.7 Å². The lowest BCUT2D eigenvalue weighted by Gasteiger charge is -2.38. The Kier molecular flexibility index (Phi) is 8.31. The SMILES string of the molecule is O=C(NC[C@H](NS(=O)(=O)c1ccccc1)C(=O)O)c1cccc(N2CCCCC2Nc2ncccn2)c1. The van der Waals surface area contributed by atoms with E-state index in [9.17, 15) is 23.1 Å². The molecule has 1 amide bonds. The standard InChI is InChI=1S/C25H28N6O5S/c32-23(28-17-21(24(33)34)30-37(35,36)20-10-2-1-3-11-20)18-8-6-9-19(16-18)31-15-5-4-12-22(31)29-25-26-13-7-14-27-25/h1-3,6-11,13-14,16,21-22,30H,4-5,12,15,17H2,(H,28,32)(H,33,34)(H,26,27,29)/t21-,22?/m0/s1. The van der Waals surface area contributed by atoms with Crippen LogP contribution < -0.4 is 20.3 Å². The number of rotatable bonds is 10. The minimum Gasteiger partial charge on any atom is -0.480 e. The molecule has 1 fully saturated rings. The molecule has 3 aromatic rings. The lowest BCUT2D eigenvalue weighted by atomic mass is 10.1. The molecule has 0 saturated carbocycles. The number of benzene rings is 2.